The van der Waals surface area contributed by atoms with Crippen LogP contribution in [0.1, 0.15) is 34.7 Å². The molecule has 2 aromatic rings. The minimum atomic E-state index is 0.125. The first-order valence-corrected chi connectivity index (χ1v) is 5.82. The third-order valence-electron chi connectivity index (χ3n) is 2.85. The number of hydrogen-bond acceptors (Lipinski definition) is 6. The summed E-state index contributed by atoms with van der Waals surface area (Å²) < 4.78 is 4.94. The summed E-state index contributed by atoms with van der Waals surface area (Å²) in [5, 5.41) is 6.76. The van der Waals surface area contributed by atoms with Gasteiger partial charge in [0, 0.05) is 18.7 Å². The Morgan fingerprint density at radius 2 is 2.28 bits per heavy atom. The summed E-state index contributed by atoms with van der Waals surface area (Å²) in [5.41, 5.74) is 1.45. The van der Waals surface area contributed by atoms with Gasteiger partial charge in [-0.15, -0.1) is 0 Å². The van der Waals surface area contributed by atoms with Crippen LogP contribution in [0.15, 0.2) is 16.8 Å². The van der Waals surface area contributed by atoms with Crippen LogP contribution in [-0.2, 0) is 6.42 Å². The fraction of sp³-hybridized carbons (Fsp3) is 0.333. The number of Topliss-reactive ketones (excluding diaryl/α,β-unsaturated/α-hetero) is 1. The Morgan fingerprint density at radius 1 is 1.39 bits per heavy atom. The number of ketones is 1. The molecule has 0 saturated carbocycles. The first-order chi connectivity index (χ1) is 8.72. The van der Waals surface area contributed by atoms with E-state index < -0.39 is 0 Å². The van der Waals surface area contributed by atoms with Gasteiger partial charge in [-0.3, -0.25) is 4.79 Å². The van der Waals surface area contributed by atoms with E-state index in [2.05, 4.69) is 20.4 Å². The monoisotopic (exact) mass is 244 g/mol. The fourth-order valence-corrected chi connectivity index (χ4v) is 1.99. The Bertz CT molecular complexity index is 606. The summed E-state index contributed by atoms with van der Waals surface area (Å²) in [5.74, 6) is 1.84. The van der Waals surface area contributed by atoms with Crippen molar-refractivity contribution in [2.75, 3.05) is 5.32 Å². The molecular formula is C12H12N4O2. The van der Waals surface area contributed by atoms with Crippen LogP contribution < -0.4 is 5.32 Å². The first kappa shape index (κ1) is 10.9. The molecule has 3 rings (SSSR count). The van der Waals surface area contributed by atoms with Gasteiger partial charge in [0.15, 0.2) is 11.6 Å². The average molecular weight is 244 g/mol. The predicted octanol–water partition coefficient (Wildman–Crippen LogP) is 2.04. The second-order valence-corrected chi connectivity index (χ2v) is 4.28. The van der Waals surface area contributed by atoms with Crippen molar-refractivity contribution in [2.24, 2.45) is 0 Å². The van der Waals surface area contributed by atoms with E-state index in [1.165, 1.54) is 0 Å². The summed E-state index contributed by atoms with van der Waals surface area (Å²) in [4.78, 5) is 20.1. The van der Waals surface area contributed by atoms with Crippen molar-refractivity contribution >= 4 is 17.5 Å². The van der Waals surface area contributed by atoms with Crippen molar-refractivity contribution in [1.29, 1.82) is 0 Å². The summed E-state index contributed by atoms with van der Waals surface area (Å²) >= 11 is 0. The van der Waals surface area contributed by atoms with Gasteiger partial charge in [-0.2, -0.15) is 0 Å². The molecule has 0 amide bonds. The smallest absolute Gasteiger partial charge is 0.228 e. The maximum Gasteiger partial charge on any atom is 0.228 e. The molecule has 2 heterocycles. The largest absolute Gasteiger partial charge is 0.360 e. The number of nitrogens with one attached hydrogen (secondary N) is 1. The fourth-order valence-electron chi connectivity index (χ4n) is 1.99. The van der Waals surface area contributed by atoms with Gasteiger partial charge < -0.3 is 9.84 Å². The number of aromatic nitrogens is 3. The standard InChI is InChI=1S/C12H12N4O2/c1-7-5-11(16-18-7)15-12-13-6-8-9(14-12)3-2-4-10(8)17/h5-6H,2-4H2,1H3,(H,13,14,15,16). The van der Waals surface area contributed by atoms with Crippen LogP contribution in [0.5, 0.6) is 0 Å². The van der Waals surface area contributed by atoms with Crippen LogP contribution in [-0.4, -0.2) is 20.9 Å². The Morgan fingerprint density at radius 3 is 3.06 bits per heavy atom. The van der Waals surface area contributed by atoms with E-state index in [0.29, 0.717) is 29.5 Å². The number of carbonyl (C=O) groups excluding carboxylic acids is 1. The van der Waals surface area contributed by atoms with E-state index in [9.17, 15) is 4.79 Å². The summed E-state index contributed by atoms with van der Waals surface area (Å²) in [6.07, 6.45) is 3.84. The molecule has 0 bridgehead atoms. The molecule has 1 aliphatic rings. The zero-order chi connectivity index (χ0) is 12.5. The predicted molar refractivity (Wildman–Crippen MR) is 63.8 cm³/mol. The summed E-state index contributed by atoms with van der Waals surface area (Å²) in [6, 6.07) is 1.76. The van der Waals surface area contributed by atoms with Crippen LogP contribution in [0.3, 0.4) is 0 Å². The summed E-state index contributed by atoms with van der Waals surface area (Å²) in [7, 11) is 0. The van der Waals surface area contributed by atoms with Crippen LogP contribution in [0, 0.1) is 6.92 Å². The lowest BCUT2D eigenvalue weighted by atomic mass is 9.96. The minimum absolute atomic E-state index is 0.125. The highest BCUT2D eigenvalue weighted by Gasteiger charge is 2.19. The SMILES string of the molecule is Cc1cc(Nc2ncc3c(n2)CCCC3=O)no1. The second kappa shape index (κ2) is 4.21. The molecule has 0 radical (unpaired) electrons. The van der Waals surface area contributed by atoms with Gasteiger partial charge in [-0.1, -0.05) is 5.16 Å². The number of aryl methyl sites for hydroxylation is 2. The number of carbonyl (C=O) groups is 1. The van der Waals surface area contributed by atoms with E-state index >= 15 is 0 Å². The van der Waals surface area contributed by atoms with E-state index in [1.54, 1.807) is 12.3 Å². The molecule has 2 aromatic heterocycles. The molecule has 0 atom stereocenters. The van der Waals surface area contributed by atoms with Gasteiger partial charge in [-0.05, 0) is 19.8 Å². The highest BCUT2D eigenvalue weighted by atomic mass is 16.5. The summed E-state index contributed by atoms with van der Waals surface area (Å²) in [6.45, 7) is 1.81. The van der Waals surface area contributed by atoms with Gasteiger partial charge in [0.05, 0.1) is 11.3 Å². The van der Waals surface area contributed by atoms with Gasteiger partial charge in [0.25, 0.3) is 0 Å². The maximum absolute atomic E-state index is 11.6. The third-order valence-corrected chi connectivity index (χ3v) is 2.85. The van der Waals surface area contributed by atoms with Crippen molar-refractivity contribution in [1.82, 2.24) is 15.1 Å². The van der Waals surface area contributed by atoms with E-state index in [4.69, 9.17) is 4.52 Å². The van der Waals surface area contributed by atoms with Crippen molar-refractivity contribution in [3.05, 3.63) is 29.3 Å². The van der Waals surface area contributed by atoms with Gasteiger partial charge >= 0.3 is 0 Å². The molecule has 0 saturated heterocycles. The molecule has 6 heteroatoms. The molecule has 0 aliphatic heterocycles. The van der Waals surface area contributed by atoms with E-state index in [0.717, 1.165) is 18.5 Å². The third kappa shape index (κ3) is 1.97. The number of hydrogen-bond donors (Lipinski definition) is 1. The highest BCUT2D eigenvalue weighted by molar-refractivity contribution is 5.97. The molecule has 92 valence electrons. The normalized spacial score (nSPS) is 14.4. The topological polar surface area (TPSA) is 80.9 Å². The van der Waals surface area contributed by atoms with Crippen molar-refractivity contribution in [3.63, 3.8) is 0 Å². The molecule has 1 N–H and O–H groups in total. The molecular weight excluding hydrogens is 232 g/mol. The average Bonchev–Trinajstić information content (AvgIpc) is 2.75. The lowest BCUT2D eigenvalue weighted by molar-refractivity contribution is 0.0971. The lowest BCUT2D eigenvalue weighted by Gasteiger charge is -2.13. The molecule has 6 nitrogen and oxygen atoms in total. The van der Waals surface area contributed by atoms with Crippen molar-refractivity contribution in [3.8, 4) is 0 Å². The van der Waals surface area contributed by atoms with Gasteiger partial charge in [0.2, 0.25) is 5.95 Å². The zero-order valence-electron chi connectivity index (χ0n) is 9.93. The Kier molecular flexibility index (Phi) is 2.55. The number of anilines is 2. The Hall–Kier alpha value is -2.24. The van der Waals surface area contributed by atoms with E-state index in [-0.39, 0.29) is 5.78 Å². The first-order valence-electron chi connectivity index (χ1n) is 5.82. The Balaban J connectivity index is 1.88. The number of fused-ring (bicyclic) bond motifs is 1. The highest BCUT2D eigenvalue weighted by Crippen LogP contribution is 2.21. The lowest BCUT2D eigenvalue weighted by Crippen LogP contribution is -2.14. The van der Waals surface area contributed by atoms with Crippen LogP contribution >= 0.6 is 0 Å². The van der Waals surface area contributed by atoms with E-state index in [1.807, 2.05) is 6.92 Å². The molecule has 0 unspecified atom stereocenters. The van der Waals surface area contributed by atoms with Gasteiger partial charge in [0.1, 0.15) is 5.76 Å². The van der Waals surface area contributed by atoms with Gasteiger partial charge in [-0.25, -0.2) is 9.97 Å². The molecule has 0 fully saturated rings. The second-order valence-electron chi connectivity index (χ2n) is 4.28. The number of nitrogens with zero attached hydrogens (tertiary/aromatic N) is 3. The van der Waals surface area contributed by atoms with Crippen molar-refractivity contribution in [2.45, 2.75) is 26.2 Å². The van der Waals surface area contributed by atoms with Crippen LogP contribution in [0.25, 0.3) is 0 Å². The minimum Gasteiger partial charge on any atom is -0.360 e. The Labute approximate surface area is 103 Å². The van der Waals surface area contributed by atoms with Crippen molar-refractivity contribution < 1.29 is 9.32 Å². The number of rotatable bonds is 2. The molecule has 18 heavy (non-hydrogen) atoms. The maximum atomic E-state index is 11.6. The molecule has 1 aliphatic carbocycles. The van der Waals surface area contributed by atoms with Crippen LogP contribution in [0.2, 0.25) is 0 Å². The molecule has 0 aromatic carbocycles. The van der Waals surface area contributed by atoms with Crippen LogP contribution in [0.4, 0.5) is 11.8 Å². The zero-order valence-corrected chi connectivity index (χ0v) is 9.93. The quantitative estimate of drug-likeness (QED) is 0.870. The molecule has 0 spiro atoms.